The van der Waals surface area contributed by atoms with Crippen molar-refractivity contribution in [3.8, 4) is 0 Å². The van der Waals surface area contributed by atoms with Crippen molar-refractivity contribution < 1.29 is 18.3 Å². The molecule has 2 aromatic heterocycles. The molecular formula is C18H11ClFN3O3. The third kappa shape index (κ3) is 2.72. The molecule has 0 atom stereocenters. The van der Waals surface area contributed by atoms with E-state index in [0.29, 0.717) is 39.1 Å². The fraction of sp³-hybridized carbons (Fsp3) is 0.0556. The number of carbonyl (C=O) groups excluding carboxylic acids is 1. The van der Waals surface area contributed by atoms with E-state index in [0.717, 1.165) is 0 Å². The number of hydrogen-bond acceptors (Lipinski definition) is 6. The number of hydrogen-bond donors (Lipinski definition) is 1. The first-order chi connectivity index (χ1) is 12.6. The number of benzene rings is 2. The Labute approximate surface area is 151 Å². The highest BCUT2D eigenvalue weighted by atomic mass is 35.5. The van der Waals surface area contributed by atoms with Crippen molar-refractivity contribution in [2.45, 2.75) is 0 Å². The molecule has 0 aliphatic rings. The Hall–Kier alpha value is -3.19. The predicted molar refractivity (Wildman–Crippen MR) is 95.3 cm³/mol. The van der Waals surface area contributed by atoms with Gasteiger partial charge in [-0.25, -0.2) is 19.2 Å². The molecule has 4 rings (SSSR count). The van der Waals surface area contributed by atoms with Gasteiger partial charge >= 0.3 is 5.97 Å². The maximum Gasteiger partial charge on any atom is 0.337 e. The van der Waals surface area contributed by atoms with Crippen LogP contribution in [0.15, 0.2) is 47.1 Å². The van der Waals surface area contributed by atoms with Crippen LogP contribution < -0.4 is 5.32 Å². The summed E-state index contributed by atoms with van der Waals surface area (Å²) >= 11 is 5.83. The van der Waals surface area contributed by atoms with E-state index in [9.17, 15) is 9.18 Å². The number of nitrogens with zero attached hydrogens (tertiary/aromatic N) is 2. The first kappa shape index (κ1) is 16.3. The van der Waals surface area contributed by atoms with Crippen LogP contribution in [0.3, 0.4) is 0 Å². The van der Waals surface area contributed by atoms with Gasteiger partial charge in [0.15, 0.2) is 0 Å². The number of furan rings is 1. The molecule has 0 aliphatic carbocycles. The van der Waals surface area contributed by atoms with Crippen LogP contribution in [0.25, 0.3) is 22.1 Å². The van der Waals surface area contributed by atoms with Crippen molar-refractivity contribution in [1.82, 2.24) is 9.97 Å². The normalized spacial score (nSPS) is 11.0. The summed E-state index contributed by atoms with van der Waals surface area (Å²) in [6.07, 6.45) is 1.35. The Kier molecular flexibility index (Phi) is 3.93. The monoisotopic (exact) mass is 371 g/mol. The lowest BCUT2D eigenvalue weighted by Gasteiger charge is -2.07. The van der Waals surface area contributed by atoms with Crippen LogP contribution >= 0.6 is 11.6 Å². The van der Waals surface area contributed by atoms with Crippen LogP contribution in [0.1, 0.15) is 10.4 Å². The molecule has 130 valence electrons. The third-order valence-corrected chi connectivity index (χ3v) is 4.16. The Morgan fingerprint density at radius 3 is 2.85 bits per heavy atom. The highest BCUT2D eigenvalue weighted by molar-refractivity contribution is 6.31. The zero-order valence-corrected chi connectivity index (χ0v) is 14.2. The van der Waals surface area contributed by atoms with E-state index < -0.39 is 11.8 Å². The highest BCUT2D eigenvalue weighted by Crippen LogP contribution is 2.34. The number of nitrogens with one attached hydrogen (secondary N) is 1. The van der Waals surface area contributed by atoms with Gasteiger partial charge in [0, 0.05) is 11.1 Å². The maximum absolute atomic E-state index is 13.4. The molecule has 0 spiro atoms. The minimum absolute atomic E-state index is 0.00895. The quantitative estimate of drug-likeness (QED) is 0.526. The molecule has 0 unspecified atom stereocenters. The lowest BCUT2D eigenvalue weighted by molar-refractivity contribution is 0.0601. The molecule has 8 heteroatoms. The van der Waals surface area contributed by atoms with Gasteiger partial charge in [-0.3, -0.25) is 0 Å². The van der Waals surface area contributed by atoms with E-state index in [1.54, 1.807) is 18.2 Å². The van der Waals surface area contributed by atoms with Gasteiger partial charge in [-0.05, 0) is 36.4 Å². The molecule has 0 radical (unpaired) electrons. The van der Waals surface area contributed by atoms with E-state index in [1.807, 2.05) is 0 Å². The maximum atomic E-state index is 13.4. The van der Waals surface area contributed by atoms with E-state index >= 15 is 0 Å². The summed E-state index contributed by atoms with van der Waals surface area (Å²) in [5.41, 5.74) is 1.83. The van der Waals surface area contributed by atoms with Gasteiger partial charge in [0.2, 0.25) is 5.71 Å². The zero-order chi connectivity index (χ0) is 18.3. The molecule has 0 saturated carbocycles. The third-order valence-electron chi connectivity index (χ3n) is 3.87. The lowest BCUT2D eigenvalue weighted by Crippen LogP contribution is -2.00. The summed E-state index contributed by atoms with van der Waals surface area (Å²) in [5.74, 6) is -0.530. The molecule has 4 aromatic rings. The smallest absolute Gasteiger partial charge is 0.337 e. The summed E-state index contributed by atoms with van der Waals surface area (Å²) < 4.78 is 23.8. The number of ether oxygens (including phenoxy) is 1. The van der Waals surface area contributed by atoms with Crippen molar-refractivity contribution in [3.05, 3.63) is 59.1 Å². The topological polar surface area (TPSA) is 77.2 Å². The summed E-state index contributed by atoms with van der Waals surface area (Å²) in [6, 6.07) is 9.17. The molecule has 2 aromatic carbocycles. The van der Waals surface area contributed by atoms with Gasteiger partial charge in [-0.15, -0.1) is 0 Å². The summed E-state index contributed by atoms with van der Waals surface area (Å²) in [6.45, 7) is 0. The molecule has 0 saturated heterocycles. The minimum Gasteiger partial charge on any atom is -0.465 e. The van der Waals surface area contributed by atoms with Crippen molar-refractivity contribution in [3.63, 3.8) is 0 Å². The predicted octanol–water partition coefficient (Wildman–Crippen LogP) is 4.70. The molecular weight excluding hydrogens is 361 g/mol. The Morgan fingerprint density at radius 1 is 1.23 bits per heavy atom. The fourth-order valence-corrected chi connectivity index (χ4v) is 2.84. The van der Waals surface area contributed by atoms with Crippen molar-refractivity contribution >= 4 is 51.1 Å². The van der Waals surface area contributed by atoms with Gasteiger partial charge < -0.3 is 14.5 Å². The molecule has 2 heterocycles. The molecule has 0 amide bonds. The van der Waals surface area contributed by atoms with Crippen LogP contribution in [-0.4, -0.2) is 23.0 Å². The molecule has 1 N–H and O–H groups in total. The largest absolute Gasteiger partial charge is 0.465 e. The van der Waals surface area contributed by atoms with Crippen LogP contribution in [0.4, 0.5) is 15.9 Å². The van der Waals surface area contributed by atoms with Crippen molar-refractivity contribution in [1.29, 1.82) is 0 Å². The van der Waals surface area contributed by atoms with Gasteiger partial charge in [0.05, 0.1) is 23.1 Å². The van der Waals surface area contributed by atoms with Crippen LogP contribution in [0.5, 0.6) is 0 Å². The summed E-state index contributed by atoms with van der Waals surface area (Å²) in [4.78, 5) is 20.2. The Bertz CT molecular complexity index is 1160. The minimum atomic E-state index is -0.512. The van der Waals surface area contributed by atoms with Crippen LogP contribution in [0, 0.1) is 5.82 Å². The molecule has 0 aliphatic heterocycles. The number of anilines is 2. The summed E-state index contributed by atoms with van der Waals surface area (Å²) in [5, 5.41) is 4.31. The zero-order valence-electron chi connectivity index (χ0n) is 13.4. The Morgan fingerprint density at radius 2 is 2.08 bits per heavy atom. The molecule has 6 nitrogen and oxygen atoms in total. The Balaban J connectivity index is 1.88. The second-order valence-electron chi connectivity index (χ2n) is 5.46. The second-order valence-corrected chi connectivity index (χ2v) is 5.87. The first-order valence-corrected chi connectivity index (χ1v) is 7.92. The number of carbonyl (C=O) groups is 1. The molecule has 0 fully saturated rings. The van der Waals surface area contributed by atoms with Crippen LogP contribution in [0.2, 0.25) is 5.02 Å². The highest BCUT2D eigenvalue weighted by Gasteiger charge is 2.16. The van der Waals surface area contributed by atoms with Gasteiger partial charge in [0.1, 0.15) is 23.5 Å². The number of rotatable bonds is 3. The van der Waals surface area contributed by atoms with E-state index in [-0.39, 0.29) is 5.02 Å². The average molecular weight is 372 g/mol. The average Bonchev–Trinajstić information content (AvgIpc) is 3.02. The second kappa shape index (κ2) is 6.27. The van der Waals surface area contributed by atoms with Gasteiger partial charge in [-0.1, -0.05) is 11.6 Å². The lowest BCUT2D eigenvalue weighted by atomic mass is 10.1. The molecule has 0 bridgehead atoms. The van der Waals surface area contributed by atoms with E-state index in [4.69, 9.17) is 20.8 Å². The number of fused-ring (bicyclic) bond motifs is 3. The standard InChI is InChI=1S/C18H11ClFN3O3/c1-25-18(24)9-2-5-14-11(6-9)15-16(21-8-22-17(15)26-14)23-10-3-4-13(20)12(19)7-10/h2-8H,1H3,(H,21,22,23). The number of aromatic nitrogens is 2. The SMILES string of the molecule is COC(=O)c1ccc2oc3ncnc(Nc4ccc(F)c(Cl)c4)c3c2c1. The van der Waals surface area contributed by atoms with Gasteiger partial charge in [-0.2, -0.15) is 0 Å². The number of halogens is 2. The van der Waals surface area contributed by atoms with Gasteiger partial charge in [0.25, 0.3) is 0 Å². The van der Waals surface area contributed by atoms with E-state index in [2.05, 4.69) is 15.3 Å². The van der Waals surface area contributed by atoms with Crippen molar-refractivity contribution in [2.75, 3.05) is 12.4 Å². The summed E-state index contributed by atoms with van der Waals surface area (Å²) in [7, 11) is 1.31. The van der Waals surface area contributed by atoms with E-state index in [1.165, 1.54) is 31.6 Å². The molecule has 26 heavy (non-hydrogen) atoms. The number of esters is 1. The van der Waals surface area contributed by atoms with Crippen LogP contribution in [-0.2, 0) is 4.74 Å². The van der Waals surface area contributed by atoms with Crippen molar-refractivity contribution in [2.24, 2.45) is 0 Å². The first-order valence-electron chi connectivity index (χ1n) is 7.54. The fourth-order valence-electron chi connectivity index (χ4n) is 2.66. The number of methoxy groups -OCH3 is 1.